The van der Waals surface area contributed by atoms with Gasteiger partial charge in [0.2, 0.25) is 0 Å². The lowest BCUT2D eigenvalue weighted by Crippen LogP contribution is -2.15. The van der Waals surface area contributed by atoms with Crippen LogP contribution in [-0.4, -0.2) is 24.1 Å². The quantitative estimate of drug-likeness (QED) is 0.797. The van der Waals surface area contributed by atoms with E-state index in [2.05, 4.69) is 10.3 Å². The molecule has 4 rings (SSSR count). The fourth-order valence-electron chi connectivity index (χ4n) is 2.23. The Balaban J connectivity index is 1.55. The number of aromatic nitrogens is 1. The summed E-state index contributed by atoms with van der Waals surface area (Å²) in [6.07, 6.45) is 2.85. The molecule has 1 aliphatic heterocycles. The van der Waals surface area contributed by atoms with Gasteiger partial charge in [-0.05, 0) is 24.3 Å². The standard InChI is InChI=1S/C16H12N2O4S/c19-15(11-3-4-20-8-11)18-16-17-12(9-23-16)10-1-2-13-14(7-10)22-6-5-21-13/h1-4,7-9H,5-6H2,(H,17,18,19). The number of thiazole rings is 1. The summed E-state index contributed by atoms with van der Waals surface area (Å²) in [5.41, 5.74) is 2.14. The summed E-state index contributed by atoms with van der Waals surface area (Å²) in [6, 6.07) is 7.28. The Morgan fingerprint density at radius 1 is 1.17 bits per heavy atom. The van der Waals surface area contributed by atoms with E-state index in [1.54, 1.807) is 6.07 Å². The second-order valence-electron chi connectivity index (χ2n) is 4.86. The zero-order chi connectivity index (χ0) is 15.6. The SMILES string of the molecule is O=C(Nc1nc(-c2ccc3c(c2)OCCO3)cs1)c1ccoc1. The molecule has 6 nitrogen and oxygen atoms in total. The second kappa shape index (κ2) is 5.77. The highest BCUT2D eigenvalue weighted by atomic mass is 32.1. The number of hydrogen-bond acceptors (Lipinski definition) is 6. The van der Waals surface area contributed by atoms with Crippen LogP contribution in [0.4, 0.5) is 5.13 Å². The molecule has 0 saturated carbocycles. The van der Waals surface area contributed by atoms with Crippen LogP contribution in [0, 0.1) is 0 Å². The molecule has 2 aromatic heterocycles. The monoisotopic (exact) mass is 328 g/mol. The van der Waals surface area contributed by atoms with Crippen LogP contribution in [0.15, 0.2) is 46.6 Å². The fourth-order valence-corrected chi connectivity index (χ4v) is 2.94. The van der Waals surface area contributed by atoms with Gasteiger partial charge in [0.1, 0.15) is 19.5 Å². The molecule has 116 valence electrons. The minimum atomic E-state index is -0.248. The minimum absolute atomic E-state index is 0.248. The molecule has 0 bridgehead atoms. The summed E-state index contributed by atoms with van der Waals surface area (Å²) in [4.78, 5) is 16.4. The number of anilines is 1. The number of nitrogens with zero attached hydrogens (tertiary/aromatic N) is 1. The van der Waals surface area contributed by atoms with Gasteiger partial charge in [-0.3, -0.25) is 10.1 Å². The van der Waals surface area contributed by atoms with Crippen molar-refractivity contribution in [2.75, 3.05) is 18.5 Å². The smallest absolute Gasteiger partial charge is 0.260 e. The van der Waals surface area contributed by atoms with E-state index < -0.39 is 0 Å². The van der Waals surface area contributed by atoms with Gasteiger partial charge in [0.05, 0.1) is 17.5 Å². The third-order valence-electron chi connectivity index (χ3n) is 3.35. The highest BCUT2D eigenvalue weighted by molar-refractivity contribution is 7.14. The van der Waals surface area contributed by atoms with Gasteiger partial charge < -0.3 is 13.9 Å². The van der Waals surface area contributed by atoms with Crippen LogP contribution in [-0.2, 0) is 0 Å². The number of furan rings is 1. The summed E-state index contributed by atoms with van der Waals surface area (Å²) < 4.78 is 16.0. The molecule has 0 aliphatic carbocycles. The summed E-state index contributed by atoms with van der Waals surface area (Å²) >= 11 is 1.36. The van der Waals surface area contributed by atoms with Gasteiger partial charge >= 0.3 is 0 Å². The Morgan fingerprint density at radius 3 is 2.87 bits per heavy atom. The van der Waals surface area contributed by atoms with Crippen LogP contribution < -0.4 is 14.8 Å². The first-order valence-corrected chi connectivity index (χ1v) is 7.87. The number of amides is 1. The van der Waals surface area contributed by atoms with Crippen LogP contribution in [0.3, 0.4) is 0 Å². The second-order valence-corrected chi connectivity index (χ2v) is 5.72. The molecule has 7 heteroatoms. The molecule has 0 atom stereocenters. The highest BCUT2D eigenvalue weighted by Gasteiger charge is 2.15. The highest BCUT2D eigenvalue weighted by Crippen LogP contribution is 2.35. The van der Waals surface area contributed by atoms with Crippen molar-refractivity contribution in [1.29, 1.82) is 0 Å². The number of carbonyl (C=O) groups excluding carboxylic acids is 1. The number of benzene rings is 1. The lowest BCUT2D eigenvalue weighted by atomic mass is 10.1. The van der Waals surface area contributed by atoms with Crippen LogP contribution >= 0.6 is 11.3 Å². The lowest BCUT2D eigenvalue weighted by molar-refractivity contribution is 0.102. The lowest BCUT2D eigenvalue weighted by Gasteiger charge is -2.18. The van der Waals surface area contributed by atoms with Crippen molar-refractivity contribution in [3.05, 3.63) is 47.7 Å². The zero-order valence-electron chi connectivity index (χ0n) is 11.9. The van der Waals surface area contributed by atoms with Gasteiger partial charge in [0.15, 0.2) is 16.6 Å². The Kier molecular flexibility index (Phi) is 3.47. The predicted octanol–water partition coefficient (Wildman–Crippen LogP) is 3.43. The first-order chi connectivity index (χ1) is 11.3. The van der Waals surface area contributed by atoms with E-state index in [0.29, 0.717) is 29.7 Å². The molecule has 1 N–H and O–H groups in total. The van der Waals surface area contributed by atoms with Crippen LogP contribution in [0.25, 0.3) is 11.3 Å². The summed E-state index contributed by atoms with van der Waals surface area (Å²) in [5, 5.41) is 5.16. The first kappa shape index (κ1) is 13.8. The van der Waals surface area contributed by atoms with Crippen LogP contribution in [0.1, 0.15) is 10.4 Å². The Hall–Kier alpha value is -2.80. The van der Waals surface area contributed by atoms with Gasteiger partial charge in [0.25, 0.3) is 5.91 Å². The Labute approximate surface area is 135 Å². The van der Waals surface area contributed by atoms with Gasteiger partial charge in [0, 0.05) is 10.9 Å². The number of nitrogens with one attached hydrogen (secondary N) is 1. The number of ether oxygens (including phenoxy) is 2. The molecule has 0 spiro atoms. The van der Waals surface area contributed by atoms with E-state index in [1.165, 1.54) is 23.9 Å². The number of rotatable bonds is 3. The van der Waals surface area contributed by atoms with E-state index in [1.807, 2.05) is 23.6 Å². The zero-order valence-corrected chi connectivity index (χ0v) is 12.8. The minimum Gasteiger partial charge on any atom is -0.486 e. The van der Waals surface area contributed by atoms with E-state index in [9.17, 15) is 4.79 Å². The van der Waals surface area contributed by atoms with Gasteiger partial charge in [-0.15, -0.1) is 11.3 Å². The van der Waals surface area contributed by atoms with Crippen molar-refractivity contribution in [3.8, 4) is 22.8 Å². The van der Waals surface area contributed by atoms with Crippen molar-refractivity contribution < 1.29 is 18.7 Å². The maximum absolute atomic E-state index is 12.0. The molecular formula is C16H12N2O4S. The van der Waals surface area contributed by atoms with Gasteiger partial charge in [-0.2, -0.15) is 0 Å². The number of fused-ring (bicyclic) bond motifs is 1. The average molecular weight is 328 g/mol. The first-order valence-electron chi connectivity index (χ1n) is 6.99. The molecule has 1 aromatic carbocycles. The third kappa shape index (κ3) is 2.78. The van der Waals surface area contributed by atoms with E-state index in [0.717, 1.165) is 17.0 Å². The van der Waals surface area contributed by atoms with E-state index >= 15 is 0 Å². The van der Waals surface area contributed by atoms with Gasteiger partial charge in [-0.25, -0.2) is 4.98 Å². The van der Waals surface area contributed by atoms with Gasteiger partial charge in [-0.1, -0.05) is 0 Å². The number of hydrogen-bond donors (Lipinski definition) is 1. The normalized spacial score (nSPS) is 12.9. The summed E-state index contributed by atoms with van der Waals surface area (Å²) in [5.74, 6) is 1.20. The van der Waals surface area contributed by atoms with Crippen molar-refractivity contribution in [2.45, 2.75) is 0 Å². The summed E-state index contributed by atoms with van der Waals surface area (Å²) in [7, 11) is 0. The van der Waals surface area contributed by atoms with Crippen molar-refractivity contribution in [1.82, 2.24) is 4.98 Å². The third-order valence-corrected chi connectivity index (χ3v) is 4.10. The fraction of sp³-hybridized carbons (Fsp3) is 0.125. The average Bonchev–Trinajstić information content (AvgIpc) is 3.26. The van der Waals surface area contributed by atoms with Crippen molar-refractivity contribution >= 4 is 22.4 Å². The molecular weight excluding hydrogens is 316 g/mol. The molecule has 1 aliphatic rings. The molecule has 0 radical (unpaired) electrons. The molecule has 1 amide bonds. The topological polar surface area (TPSA) is 73.6 Å². The Morgan fingerprint density at radius 2 is 2.04 bits per heavy atom. The van der Waals surface area contributed by atoms with Crippen molar-refractivity contribution in [2.24, 2.45) is 0 Å². The van der Waals surface area contributed by atoms with Crippen LogP contribution in [0.2, 0.25) is 0 Å². The maximum Gasteiger partial charge on any atom is 0.260 e. The van der Waals surface area contributed by atoms with Crippen molar-refractivity contribution in [3.63, 3.8) is 0 Å². The van der Waals surface area contributed by atoms with E-state index in [-0.39, 0.29) is 5.91 Å². The van der Waals surface area contributed by atoms with E-state index in [4.69, 9.17) is 13.9 Å². The van der Waals surface area contributed by atoms with Crippen LogP contribution in [0.5, 0.6) is 11.5 Å². The molecule has 3 aromatic rings. The molecule has 0 fully saturated rings. The predicted molar refractivity (Wildman–Crippen MR) is 85.2 cm³/mol. The molecule has 0 saturated heterocycles. The molecule has 0 unspecified atom stereocenters. The Bertz CT molecular complexity index is 842. The summed E-state index contributed by atoms with van der Waals surface area (Å²) in [6.45, 7) is 1.10. The maximum atomic E-state index is 12.0. The largest absolute Gasteiger partial charge is 0.486 e. The molecule has 23 heavy (non-hydrogen) atoms. The molecule has 3 heterocycles. The number of carbonyl (C=O) groups is 1.